The third kappa shape index (κ3) is 2.16. The van der Waals surface area contributed by atoms with Crippen molar-refractivity contribution in [2.45, 2.75) is 13.8 Å². The van der Waals surface area contributed by atoms with Crippen LogP contribution in [0.2, 0.25) is 0 Å². The van der Waals surface area contributed by atoms with Gasteiger partial charge in [0.25, 0.3) is 5.91 Å². The van der Waals surface area contributed by atoms with Crippen LogP contribution >= 0.6 is 11.3 Å². The Labute approximate surface area is 103 Å². The van der Waals surface area contributed by atoms with Gasteiger partial charge >= 0.3 is 0 Å². The first kappa shape index (κ1) is 11.7. The smallest absolute Gasteiger partial charge is 0.266 e. The number of aryl methyl sites for hydroxylation is 3. The average Bonchev–Trinajstić information content (AvgIpc) is 2.76. The number of carbonyl (C=O) groups excluding carboxylic acids is 1. The second-order valence-corrected chi connectivity index (χ2v) is 5.13. The second kappa shape index (κ2) is 4.21. The van der Waals surface area contributed by atoms with Gasteiger partial charge < -0.3 is 11.1 Å². The van der Waals surface area contributed by atoms with Crippen LogP contribution in [0.3, 0.4) is 0 Å². The van der Waals surface area contributed by atoms with Gasteiger partial charge in [0.15, 0.2) is 5.82 Å². The standard InChI is InChI=1S/C11H14N4OS/c1-6-4-9(17-7(6)2)11(16)14-10-8(12)5-13-15(10)3/h4-5H,12H2,1-3H3,(H,14,16). The molecule has 17 heavy (non-hydrogen) atoms. The summed E-state index contributed by atoms with van der Waals surface area (Å²) < 4.78 is 1.54. The van der Waals surface area contributed by atoms with E-state index in [1.165, 1.54) is 17.5 Å². The average molecular weight is 250 g/mol. The lowest BCUT2D eigenvalue weighted by Gasteiger charge is -2.04. The Hall–Kier alpha value is -1.82. The van der Waals surface area contributed by atoms with Crippen molar-refractivity contribution in [1.29, 1.82) is 0 Å². The van der Waals surface area contributed by atoms with Crippen LogP contribution in [-0.4, -0.2) is 15.7 Å². The number of aromatic nitrogens is 2. The van der Waals surface area contributed by atoms with Crippen molar-refractivity contribution in [2.24, 2.45) is 7.05 Å². The largest absolute Gasteiger partial charge is 0.394 e. The van der Waals surface area contributed by atoms with Crippen molar-refractivity contribution in [1.82, 2.24) is 9.78 Å². The van der Waals surface area contributed by atoms with Gasteiger partial charge in [-0.3, -0.25) is 9.48 Å². The topological polar surface area (TPSA) is 72.9 Å². The first-order valence-electron chi connectivity index (χ1n) is 5.15. The van der Waals surface area contributed by atoms with Crippen molar-refractivity contribution in [3.05, 3.63) is 27.6 Å². The maximum absolute atomic E-state index is 12.0. The number of nitrogen functional groups attached to an aromatic ring is 1. The lowest BCUT2D eigenvalue weighted by atomic mass is 10.3. The van der Waals surface area contributed by atoms with E-state index in [0.29, 0.717) is 16.4 Å². The molecular formula is C11H14N4OS. The number of hydrogen-bond acceptors (Lipinski definition) is 4. The first-order valence-corrected chi connectivity index (χ1v) is 5.96. The van der Waals surface area contributed by atoms with E-state index >= 15 is 0 Å². The van der Waals surface area contributed by atoms with Gasteiger partial charge in [0, 0.05) is 11.9 Å². The van der Waals surface area contributed by atoms with Gasteiger partial charge in [-0.1, -0.05) is 0 Å². The van der Waals surface area contributed by atoms with E-state index in [0.717, 1.165) is 10.4 Å². The maximum Gasteiger partial charge on any atom is 0.266 e. The molecule has 2 heterocycles. The molecule has 0 spiro atoms. The van der Waals surface area contributed by atoms with E-state index < -0.39 is 0 Å². The number of nitrogens with two attached hydrogens (primary N) is 1. The number of amides is 1. The molecule has 2 rings (SSSR count). The van der Waals surface area contributed by atoms with Gasteiger partial charge in [-0.2, -0.15) is 5.10 Å². The van der Waals surface area contributed by atoms with Crippen LogP contribution in [0.5, 0.6) is 0 Å². The summed E-state index contributed by atoms with van der Waals surface area (Å²) in [6.45, 7) is 3.98. The molecule has 90 valence electrons. The SMILES string of the molecule is Cc1cc(C(=O)Nc2c(N)cnn2C)sc1C. The molecule has 0 radical (unpaired) electrons. The molecule has 0 unspecified atom stereocenters. The molecule has 0 fully saturated rings. The normalized spacial score (nSPS) is 10.5. The summed E-state index contributed by atoms with van der Waals surface area (Å²) >= 11 is 1.47. The quantitative estimate of drug-likeness (QED) is 0.855. The minimum Gasteiger partial charge on any atom is -0.394 e. The Bertz CT molecular complexity index is 531. The highest BCUT2D eigenvalue weighted by molar-refractivity contribution is 7.14. The number of thiophene rings is 1. The number of carbonyl (C=O) groups is 1. The zero-order valence-corrected chi connectivity index (χ0v) is 10.8. The molecule has 0 bridgehead atoms. The van der Waals surface area contributed by atoms with E-state index in [1.807, 2.05) is 19.9 Å². The fourth-order valence-electron chi connectivity index (χ4n) is 1.46. The summed E-state index contributed by atoms with van der Waals surface area (Å²) in [5.41, 5.74) is 7.30. The number of nitrogens with zero attached hydrogens (tertiary/aromatic N) is 2. The monoisotopic (exact) mass is 250 g/mol. The zero-order valence-electron chi connectivity index (χ0n) is 9.94. The number of rotatable bonds is 2. The maximum atomic E-state index is 12.0. The summed E-state index contributed by atoms with van der Waals surface area (Å²) in [7, 11) is 1.73. The van der Waals surface area contributed by atoms with Crippen molar-refractivity contribution in [3.63, 3.8) is 0 Å². The number of nitrogens with one attached hydrogen (secondary N) is 1. The highest BCUT2D eigenvalue weighted by atomic mass is 32.1. The Kier molecular flexibility index (Phi) is 2.89. The van der Waals surface area contributed by atoms with Gasteiger partial charge in [-0.15, -0.1) is 11.3 Å². The van der Waals surface area contributed by atoms with Crippen LogP contribution in [0, 0.1) is 13.8 Å². The highest BCUT2D eigenvalue weighted by Gasteiger charge is 2.14. The first-order chi connectivity index (χ1) is 7.99. The Morgan fingerprint density at radius 1 is 1.53 bits per heavy atom. The predicted molar refractivity (Wildman–Crippen MR) is 69.4 cm³/mol. The van der Waals surface area contributed by atoms with E-state index in [-0.39, 0.29) is 5.91 Å². The molecule has 0 saturated heterocycles. The molecule has 0 aromatic carbocycles. The van der Waals surface area contributed by atoms with Gasteiger partial charge in [0.05, 0.1) is 16.8 Å². The third-order valence-electron chi connectivity index (χ3n) is 2.59. The third-order valence-corrected chi connectivity index (χ3v) is 3.74. The lowest BCUT2D eigenvalue weighted by Crippen LogP contribution is -2.14. The fourth-order valence-corrected chi connectivity index (χ4v) is 2.39. The summed E-state index contributed by atoms with van der Waals surface area (Å²) in [4.78, 5) is 13.8. The molecule has 0 aliphatic heterocycles. The molecular weight excluding hydrogens is 236 g/mol. The van der Waals surface area contributed by atoms with Crippen LogP contribution in [0.15, 0.2) is 12.3 Å². The number of anilines is 2. The van der Waals surface area contributed by atoms with Crippen molar-refractivity contribution >= 4 is 28.7 Å². The van der Waals surface area contributed by atoms with Crippen LogP contribution in [-0.2, 0) is 7.05 Å². The van der Waals surface area contributed by atoms with Gasteiger partial charge in [-0.25, -0.2) is 0 Å². The molecule has 5 nitrogen and oxygen atoms in total. The molecule has 1 amide bonds. The molecule has 6 heteroatoms. The van der Waals surface area contributed by atoms with Gasteiger partial charge in [-0.05, 0) is 25.5 Å². The molecule has 2 aromatic rings. The Balaban J connectivity index is 2.23. The number of hydrogen-bond donors (Lipinski definition) is 2. The summed E-state index contributed by atoms with van der Waals surface area (Å²) in [5.74, 6) is 0.375. The van der Waals surface area contributed by atoms with Crippen LogP contribution in [0.1, 0.15) is 20.1 Å². The van der Waals surface area contributed by atoms with Crippen molar-refractivity contribution < 1.29 is 4.79 Å². The summed E-state index contributed by atoms with van der Waals surface area (Å²) in [6.07, 6.45) is 1.51. The van der Waals surface area contributed by atoms with E-state index in [1.54, 1.807) is 11.7 Å². The molecule has 0 atom stereocenters. The predicted octanol–water partition coefficient (Wildman–Crippen LogP) is 1.93. The summed E-state index contributed by atoms with van der Waals surface area (Å²) in [5, 5.41) is 6.73. The van der Waals surface area contributed by atoms with Crippen molar-refractivity contribution in [3.8, 4) is 0 Å². The highest BCUT2D eigenvalue weighted by Crippen LogP contribution is 2.23. The fraction of sp³-hybridized carbons (Fsp3) is 0.273. The van der Waals surface area contributed by atoms with Crippen molar-refractivity contribution in [2.75, 3.05) is 11.1 Å². The summed E-state index contributed by atoms with van der Waals surface area (Å²) in [6, 6.07) is 1.88. The molecule has 0 saturated carbocycles. The minimum atomic E-state index is -0.151. The Morgan fingerprint density at radius 3 is 2.71 bits per heavy atom. The second-order valence-electron chi connectivity index (χ2n) is 3.88. The molecule has 3 N–H and O–H groups in total. The van der Waals surface area contributed by atoms with Gasteiger partial charge in [0.2, 0.25) is 0 Å². The zero-order chi connectivity index (χ0) is 12.6. The molecule has 0 aliphatic rings. The lowest BCUT2D eigenvalue weighted by molar-refractivity contribution is 0.102. The van der Waals surface area contributed by atoms with Crippen LogP contribution in [0.25, 0.3) is 0 Å². The minimum absolute atomic E-state index is 0.151. The molecule has 0 aliphatic carbocycles. The van der Waals surface area contributed by atoms with E-state index in [9.17, 15) is 4.79 Å². The van der Waals surface area contributed by atoms with Crippen LogP contribution in [0.4, 0.5) is 11.5 Å². The Morgan fingerprint density at radius 2 is 2.24 bits per heavy atom. The van der Waals surface area contributed by atoms with E-state index in [2.05, 4.69) is 10.4 Å². The van der Waals surface area contributed by atoms with Gasteiger partial charge in [0.1, 0.15) is 0 Å². The van der Waals surface area contributed by atoms with Crippen LogP contribution < -0.4 is 11.1 Å². The van der Waals surface area contributed by atoms with E-state index in [4.69, 9.17) is 5.73 Å². The molecule has 2 aromatic heterocycles.